The molecule has 180 valence electrons. The minimum absolute atomic E-state index is 0.0431. The van der Waals surface area contributed by atoms with E-state index in [1.807, 2.05) is 6.07 Å². The Labute approximate surface area is 183 Å². The Hall–Kier alpha value is -1.71. The predicted octanol–water partition coefficient (Wildman–Crippen LogP) is -2.99. The Balaban J connectivity index is 1.74. The lowest BCUT2D eigenvalue weighted by atomic mass is 9.97. The molecular formula is C20H28O12. The van der Waals surface area contributed by atoms with Gasteiger partial charge in [-0.15, -0.1) is 0 Å². The molecule has 0 radical (unpaired) electrons. The summed E-state index contributed by atoms with van der Waals surface area (Å²) in [5.74, 6) is -1.03. The average Bonchev–Trinajstić information content (AvgIpc) is 2.81. The number of aliphatic hydroxyl groups excluding tert-OH is 6. The molecule has 2 saturated heterocycles. The summed E-state index contributed by atoms with van der Waals surface area (Å²) in [6, 6.07) is 8.98. The number of hydrogen-bond donors (Lipinski definition) is 6. The van der Waals surface area contributed by atoms with Crippen LogP contribution in [0.25, 0.3) is 0 Å². The molecule has 0 aromatic heterocycles. The Morgan fingerprint density at radius 1 is 0.906 bits per heavy atom. The molecule has 2 aliphatic rings. The van der Waals surface area contributed by atoms with Gasteiger partial charge in [0.15, 0.2) is 18.7 Å². The third-order valence-electron chi connectivity index (χ3n) is 5.37. The van der Waals surface area contributed by atoms with E-state index in [0.717, 1.165) is 12.7 Å². The molecule has 2 fully saturated rings. The quantitative estimate of drug-likeness (QED) is 0.227. The summed E-state index contributed by atoms with van der Waals surface area (Å²) < 4.78 is 26.3. The first-order valence-corrected chi connectivity index (χ1v) is 9.99. The Morgan fingerprint density at radius 3 is 2.22 bits per heavy atom. The van der Waals surface area contributed by atoms with E-state index in [-0.39, 0.29) is 6.61 Å². The van der Waals surface area contributed by atoms with Gasteiger partial charge in [-0.1, -0.05) is 30.3 Å². The number of hydrogen-bond acceptors (Lipinski definition) is 12. The second kappa shape index (κ2) is 10.9. The van der Waals surface area contributed by atoms with E-state index in [2.05, 4.69) is 4.74 Å². The molecule has 32 heavy (non-hydrogen) atoms. The van der Waals surface area contributed by atoms with Gasteiger partial charge in [0.2, 0.25) is 0 Å². The van der Waals surface area contributed by atoms with Gasteiger partial charge in [-0.2, -0.15) is 0 Å². The van der Waals surface area contributed by atoms with E-state index in [1.54, 1.807) is 24.3 Å². The van der Waals surface area contributed by atoms with Gasteiger partial charge in [-0.3, -0.25) is 0 Å². The van der Waals surface area contributed by atoms with Crippen molar-refractivity contribution in [1.82, 2.24) is 0 Å². The topological polar surface area (TPSA) is 185 Å². The fourth-order valence-corrected chi connectivity index (χ4v) is 3.53. The standard InChI is InChI=1S/C20H28O12/c1-28-18(27)17-13(24)12(23)14(25)20(32-17)31-16-11(22)10(7-21)30-19(15(16)26)29-8-9-5-3-2-4-6-9/h2-6,10-17,19-26H,7-8H2,1H3/t10-,11-,12+,13+,14-,15+,16-,17+,19-,20+/m1/s1. The SMILES string of the molecule is COC(=O)[C@H]1O[C@H](O[C@H]2[C@H](O)[C@H](OCc3ccccc3)O[C@H](CO)[C@H]2O)[C@H](O)[C@@H](O)[C@@H]1O. The summed E-state index contributed by atoms with van der Waals surface area (Å²) in [6.45, 7) is -0.597. The number of ether oxygens (including phenoxy) is 5. The highest BCUT2D eigenvalue weighted by atomic mass is 16.7. The summed E-state index contributed by atoms with van der Waals surface area (Å²) >= 11 is 0. The molecule has 0 unspecified atom stereocenters. The van der Waals surface area contributed by atoms with Crippen molar-refractivity contribution in [3.63, 3.8) is 0 Å². The molecule has 1 aromatic carbocycles. The van der Waals surface area contributed by atoms with Crippen LogP contribution in [0.15, 0.2) is 30.3 Å². The van der Waals surface area contributed by atoms with Crippen molar-refractivity contribution in [1.29, 1.82) is 0 Å². The third-order valence-corrected chi connectivity index (χ3v) is 5.37. The number of rotatable bonds is 7. The molecule has 10 atom stereocenters. The lowest BCUT2D eigenvalue weighted by Gasteiger charge is -2.45. The number of methoxy groups -OCH3 is 1. The first-order valence-electron chi connectivity index (χ1n) is 9.99. The summed E-state index contributed by atoms with van der Waals surface area (Å²) in [7, 11) is 1.04. The fraction of sp³-hybridized carbons (Fsp3) is 0.650. The first kappa shape index (κ1) is 24.9. The highest BCUT2D eigenvalue weighted by Crippen LogP contribution is 2.30. The van der Waals surface area contributed by atoms with Crippen molar-refractivity contribution in [2.75, 3.05) is 13.7 Å². The van der Waals surface area contributed by atoms with Gasteiger partial charge in [0, 0.05) is 0 Å². The molecule has 0 saturated carbocycles. The van der Waals surface area contributed by atoms with Crippen LogP contribution in [0.1, 0.15) is 5.56 Å². The van der Waals surface area contributed by atoms with Crippen LogP contribution in [0.3, 0.4) is 0 Å². The molecule has 12 nitrogen and oxygen atoms in total. The molecule has 1 aromatic rings. The third kappa shape index (κ3) is 5.26. The maximum absolute atomic E-state index is 11.8. The van der Waals surface area contributed by atoms with Crippen LogP contribution in [0.2, 0.25) is 0 Å². The normalized spacial score (nSPS) is 40.1. The van der Waals surface area contributed by atoms with Gasteiger partial charge in [0.25, 0.3) is 0 Å². The van der Waals surface area contributed by atoms with Crippen molar-refractivity contribution in [2.45, 2.75) is 68.0 Å². The highest BCUT2D eigenvalue weighted by molar-refractivity contribution is 5.75. The first-order chi connectivity index (χ1) is 15.3. The van der Waals surface area contributed by atoms with Crippen molar-refractivity contribution < 1.29 is 59.1 Å². The van der Waals surface area contributed by atoms with Crippen molar-refractivity contribution >= 4 is 5.97 Å². The fourth-order valence-electron chi connectivity index (χ4n) is 3.53. The van der Waals surface area contributed by atoms with Gasteiger partial charge in [0.05, 0.1) is 20.3 Å². The molecule has 3 rings (SSSR count). The van der Waals surface area contributed by atoms with Crippen LogP contribution in [-0.4, -0.2) is 112 Å². The summed E-state index contributed by atoms with van der Waals surface area (Å²) in [4.78, 5) is 11.8. The summed E-state index contributed by atoms with van der Waals surface area (Å²) in [6.07, 6.45) is -16.1. The molecule has 0 spiro atoms. The molecule has 0 bridgehead atoms. The van der Waals surface area contributed by atoms with E-state index in [4.69, 9.17) is 18.9 Å². The van der Waals surface area contributed by atoms with Gasteiger partial charge in [-0.25, -0.2) is 4.79 Å². The monoisotopic (exact) mass is 460 g/mol. The van der Waals surface area contributed by atoms with Crippen LogP contribution >= 0.6 is 0 Å². The molecule has 2 aliphatic heterocycles. The maximum Gasteiger partial charge on any atom is 0.337 e. The predicted molar refractivity (Wildman–Crippen MR) is 103 cm³/mol. The second-order valence-electron chi connectivity index (χ2n) is 7.52. The molecule has 0 amide bonds. The molecule has 0 aliphatic carbocycles. The van der Waals surface area contributed by atoms with Crippen LogP contribution in [0, 0.1) is 0 Å². The number of benzene rings is 1. The zero-order valence-corrected chi connectivity index (χ0v) is 17.2. The van der Waals surface area contributed by atoms with E-state index in [0.29, 0.717) is 0 Å². The molecule has 2 heterocycles. The second-order valence-corrected chi connectivity index (χ2v) is 7.52. The van der Waals surface area contributed by atoms with Crippen LogP contribution in [0.5, 0.6) is 0 Å². The Kier molecular flexibility index (Phi) is 8.52. The Morgan fingerprint density at radius 2 is 1.59 bits per heavy atom. The zero-order chi connectivity index (χ0) is 23.4. The van der Waals surface area contributed by atoms with E-state index < -0.39 is 74.0 Å². The van der Waals surface area contributed by atoms with Crippen LogP contribution < -0.4 is 0 Å². The minimum atomic E-state index is -1.84. The number of carbonyl (C=O) groups is 1. The summed E-state index contributed by atoms with van der Waals surface area (Å²) in [5.41, 5.74) is 0.775. The number of esters is 1. The molecule has 6 N–H and O–H groups in total. The van der Waals surface area contributed by atoms with Gasteiger partial charge >= 0.3 is 5.97 Å². The number of aliphatic hydroxyl groups is 6. The zero-order valence-electron chi connectivity index (χ0n) is 17.2. The van der Waals surface area contributed by atoms with Gasteiger partial charge in [-0.05, 0) is 5.56 Å². The summed E-state index contributed by atoms with van der Waals surface area (Å²) in [5, 5.41) is 61.0. The van der Waals surface area contributed by atoms with Crippen molar-refractivity contribution in [2.24, 2.45) is 0 Å². The highest BCUT2D eigenvalue weighted by Gasteiger charge is 2.52. The smallest absolute Gasteiger partial charge is 0.337 e. The number of carbonyl (C=O) groups excluding carboxylic acids is 1. The van der Waals surface area contributed by atoms with Crippen LogP contribution in [-0.2, 0) is 35.1 Å². The Bertz CT molecular complexity index is 733. The maximum atomic E-state index is 11.8. The van der Waals surface area contributed by atoms with Crippen LogP contribution in [0.4, 0.5) is 0 Å². The lowest BCUT2D eigenvalue weighted by Crippen LogP contribution is -2.65. The van der Waals surface area contributed by atoms with Crippen molar-refractivity contribution in [3.05, 3.63) is 35.9 Å². The molecular weight excluding hydrogens is 432 g/mol. The minimum Gasteiger partial charge on any atom is -0.467 e. The van der Waals surface area contributed by atoms with E-state index in [9.17, 15) is 35.4 Å². The van der Waals surface area contributed by atoms with Gasteiger partial charge in [0.1, 0.15) is 42.7 Å². The molecule has 12 heteroatoms. The van der Waals surface area contributed by atoms with E-state index >= 15 is 0 Å². The van der Waals surface area contributed by atoms with E-state index in [1.165, 1.54) is 0 Å². The van der Waals surface area contributed by atoms with Crippen molar-refractivity contribution in [3.8, 4) is 0 Å². The van der Waals surface area contributed by atoms with Gasteiger partial charge < -0.3 is 54.3 Å². The lowest BCUT2D eigenvalue weighted by molar-refractivity contribution is -0.357. The average molecular weight is 460 g/mol. The largest absolute Gasteiger partial charge is 0.467 e.